The molecule has 1 aliphatic carbocycles. The lowest BCUT2D eigenvalue weighted by atomic mass is 9.64. The molecule has 112 valence electrons. The summed E-state index contributed by atoms with van der Waals surface area (Å²) in [5, 5.41) is 18.0. The molecule has 0 aliphatic heterocycles. The summed E-state index contributed by atoms with van der Waals surface area (Å²) in [5.41, 5.74) is 0.171. The van der Waals surface area contributed by atoms with Gasteiger partial charge in [0.05, 0.1) is 12.5 Å². The quantitative estimate of drug-likeness (QED) is 0.751. The maximum absolute atomic E-state index is 12.2. The van der Waals surface area contributed by atoms with Gasteiger partial charge in [0, 0.05) is 0 Å². The van der Waals surface area contributed by atoms with Crippen LogP contribution in [0, 0.1) is 23.2 Å². The third-order valence-electron chi connectivity index (χ3n) is 4.23. The standard InChI is InChI=1S/C15H28O4/c1-10(2)12-5-6-15(3,4)7-13(12)14(18)19-9-11(17)8-16/h10-13,16-17H,5-9H2,1-4H3. The van der Waals surface area contributed by atoms with Gasteiger partial charge in [-0.2, -0.15) is 0 Å². The van der Waals surface area contributed by atoms with E-state index in [0.717, 1.165) is 19.3 Å². The van der Waals surface area contributed by atoms with Gasteiger partial charge in [-0.1, -0.05) is 27.7 Å². The van der Waals surface area contributed by atoms with E-state index in [-0.39, 0.29) is 30.5 Å². The number of aliphatic hydroxyl groups is 2. The Morgan fingerprint density at radius 1 is 1.42 bits per heavy atom. The molecule has 1 rings (SSSR count). The van der Waals surface area contributed by atoms with Crippen molar-refractivity contribution in [1.29, 1.82) is 0 Å². The largest absolute Gasteiger partial charge is 0.463 e. The van der Waals surface area contributed by atoms with Crippen molar-refractivity contribution >= 4 is 5.97 Å². The number of carbonyl (C=O) groups excluding carboxylic acids is 1. The molecule has 1 aliphatic rings. The van der Waals surface area contributed by atoms with Crippen molar-refractivity contribution in [1.82, 2.24) is 0 Å². The van der Waals surface area contributed by atoms with Gasteiger partial charge in [0.1, 0.15) is 12.7 Å². The van der Waals surface area contributed by atoms with Crippen LogP contribution in [0.2, 0.25) is 0 Å². The zero-order valence-electron chi connectivity index (χ0n) is 12.6. The fraction of sp³-hybridized carbons (Fsp3) is 0.933. The van der Waals surface area contributed by atoms with Gasteiger partial charge >= 0.3 is 5.97 Å². The summed E-state index contributed by atoms with van der Waals surface area (Å²) in [7, 11) is 0. The van der Waals surface area contributed by atoms with Crippen molar-refractivity contribution in [2.45, 2.75) is 53.1 Å². The Kier molecular flexibility index (Phi) is 5.81. The van der Waals surface area contributed by atoms with Crippen molar-refractivity contribution in [2.24, 2.45) is 23.2 Å². The molecular weight excluding hydrogens is 244 g/mol. The molecular formula is C15H28O4. The maximum atomic E-state index is 12.2. The number of ether oxygens (including phenoxy) is 1. The molecule has 0 heterocycles. The maximum Gasteiger partial charge on any atom is 0.309 e. The first-order valence-corrected chi connectivity index (χ1v) is 7.22. The summed E-state index contributed by atoms with van der Waals surface area (Å²) in [6.45, 7) is 8.17. The van der Waals surface area contributed by atoms with Gasteiger partial charge in [0.2, 0.25) is 0 Å². The Morgan fingerprint density at radius 2 is 2.05 bits per heavy atom. The van der Waals surface area contributed by atoms with Crippen molar-refractivity contribution in [3.8, 4) is 0 Å². The topological polar surface area (TPSA) is 66.8 Å². The number of rotatable bonds is 5. The summed E-state index contributed by atoms with van der Waals surface area (Å²) in [6, 6.07) is 0. The van der Waals surface area contributed by atoms with Crippen LogP contribution in [0.1, 0.15) is 47.0 Å². The Balaban J connectivity index is 2.65. The van der Waals surface area contributed by atoms with E-state index in [1.165, 1.54) is 0 Å². The first-order valence-electron chi connectivity index (χ1n) is 7.22. The molecule has 1 saturated carbocycles. The van der Waals surface area contributed by atoms with Crippen LogP contribution in [0.15, 0.2) is 0 Å². The lowest BCUT2D eigenvalue weighted by molar-refractivity contribution is -0.158. The van der Waals surface area contributed by atoms with E-state index in [1.807, 2.05) is 0 Å². The molecule has 0 radical (unpaired) electrons. The van der Waals surface area contributed by atoms with Gasteiger partial charge in [0.25, 0.3) is 0 Å². The number of esters is 1. The van der Waals surface area contributed by atoms with E-state index < -0.39 is 6.10 Å². The van der Waals surface area contributed by atoms with E-state index in [0.29, 0.717) is 11.8 Å². The summed E-state index contributed by atoms with van der Waals surface area (Å²) >= 11 is 0. The van der Waals surface area contributed by atoms with Crippen LogP contribution in [-0.4, -0.2) is 35.5 Å². The van der Waals surface area contributed by atoms with Gasteiger partial charge in [-0.3, -0.25) is 4.79 Å². The number of hydrogen-bond acceptors (Lipinski definition) is 4. The van der Waals surface area contributed by atoms with Gasteiger partial charge in [-0.25, -0.2) is 0 Å². The third-order valence-corrected chi connectivity index (χ3v) is 4.23. The van der Waals surface area contributed by atoms with Crippen LogP contribution < -0.4 is 0 Å². The lowest BCUT2D eigenvalue weighted by Gasteiger charge is -2.41. The Morgan fingerprint density at radius 3 is 2.58 bits per heavy atom. The van der Waals surface area contributed by atoms with E-state index in [9.17, 15) is 9.90 Å². The van der Waals surface area contributed by atoms with Gasteiger partial charge in [-0.05, 0) is 36.5 Å². The highest BCUT2D eigenvalue weighted by atomic mass is 16.5. The molecule has 4 heteroatoms. The molecule has 4 nitrogen and oxygen atoms in total. The highest BCUT2D eigenvalue weighted by Gasteiger charge is 2.40. The highest BCUT2D eigenvalue weighted by Crippen LogP contribution is 2.44. The highest BCUT2D eigenvalue weighted by molar-refractivity contribution is 5.73. The van der Waals surface area contributed by atoms with E-state index in [4.69, 9.17) is 9.84 Å². The molecule has 0 aromatic rings. The summed E-state index contributed by atoms with van der Waals surface area (Å²) in [5.74, 6) is 0.497. The Labute approximate surface area is 116 Å². The van der Waals surface area contributed by atoms with Crippen LogP contribution >= 0.6 is 0 Å². The summed E-state index contributed by atoms with van der Waals surface area (Å²) < 4.78 is 5.16. The van der Waals surface area contributed by atoms with E-state index >= 15 is 0 Å². The van der Waals surface area contributed by atoms with Crippen molar-refractivity contribution in [2.75, 3.05) is 13.2 Å². The number of carbonyl (C=O) groups is 1. The molecule has 2 N–H and O–H groups in total. The predicted octanol–water partition coefficient (Wildman–Crippen LogP) is 1.98. The fourth-order valence-corrected chi connectivity index (χ4v) is 3.00. The molecule has 0 saturated heterocycles. The van der Waals surface area contributed by atoms with Gasteiger partial charge in [-0.15, -0.1) is 0 Å². The van der Waals surface area contributed by atoms with Crippen LogP contribution in [0.4, 0.5) is 0 Å². The predicted molar refractivity (Wildman–Crippen MR) is 73.5 cm³/mol. The van der Waals surface area contributed by atoms with Crippen LogP contribution in [-0.2, 0) is 9.53 Å². The molecule has 3 unspecified atom stereocenters. The minimum absolute atomic E-state index is 0.0883. The summed E-state index contributed by atoms with van der Waals surface area (Å²) in [4.78, 5) is 12.2. The second-order valence-corrected chi connectivity index (χ2v) is 6.89. The van der Waals surface area contributed by atoms with Crippen molar-refractivity contribution < 1.29 is 19.7 Å². The first-order chi connectivity index (χ1) is 8.76. The molecule has 1 fully saturated rings. The minimum Gasteiger partial charge on any atom is -0.463 e. The molecule has 0 amide bonds. The third kappa shape index (κ3) is 4.77. The number of hydrogen-bond donors (Lipinski definition) is 2. The molecule has 0 aromatic carbocycles. The molecule has 19 heavy (non-hydrogen) atoms. The second-order valence-electron chi connectivity index (χ2n) is 6.89. The zero-order chi connectivity index (χ0) is 14.6. The zero-order valence-corrected chi connectivity index (χ0v) is 12.6. The summed E-state index contributed by atoms with van der Waals surface area (Å²) in [6.07, 6.45) is 2.05. The van der Waals surface area contributed by atoms with Gasteiger partial charge < -0.3 is 14.9 Å². The Hall–Kier alpha value is -0.610. The smallest absolute Gasteiger partial charge is 0.309 e. The fourth-order valence-electron chi connectivity index (χ4n) is 3.00. The monoisotopic (exact) mass is 272 g/mol. The van der Waals surface area contributed by atoms with Gasteiger partial charge in [0.15, 0.2) is 0 Å². The first kappa shape index (κ1) is 16.4. The minimum atomic E-state index is -0.974. The molecule has 0 aromatic heterocycles. The Bertz CT molecular complexity index is 299. The second kappa shape index (κ2) is 6.71. The molecule has 3 atom stereocenters. The molecule has 0 spiro atoms. The lowest BCUT2D eigenvalue weighted by Crippen LogP contribution is -2.39. The van der Waals surface area contributed by atoms with Crippen LogP contribution in [0.25, 0.3) is 0 Å². The SMILES string of the molecule is CC(C)C1CCC(C)(C)CC1C(=O)OCC(O)CO. The van der Waals surface area contributed by atoms with Crippen LogP contribution in [0.5, 0.6) is 0 Å². The average Bonchev–Trinajstić information content (AvgIpc) is 2.33. The van der Waals surface area contributed by atoms with Crippen molar-refractivity contribution in [3.05, 3.63) is 0 Å². The molecule has 0 bridgehead atoms. The van der Waals surface area contributed by atoms with E-state index in [1.54, 1.807) is 0 Å². The number of aliphatic hydroxyl groups excluding tert-OH is 2. The van der Waals surface area contributed by atoms with Crippen LogP contribution in [0.3, 0.4) is 0 Å². The average molecular weight is 272 g/mol. The van der Waals surface area contributed by atoms with Crippen molar-refractivity contribution in [3.63, 3.8) is 0 Å². The normalized spacial score (nSPS) is 28.2. The van der Waals surface area contributed by atoms with E-state index in [2.05, 4.69) is 27.7 Å².